The molecule has 110 valence electrons. The number of carbonyl (C=O) groups is 1. The van der Waals surface area contributed by atoms with Crippen LogP contribution in [0.1, 0.15) is 23.7 Å². The molecule has 1 aromatic carbocycles. The van der Waals surface area contributed by atoms with Crippen LogP contribution < -0.4 is 5.32 Å². The number of sulfone groups is 1. The lowest BCUT2D eigenvalue weighted by Gasteiger charge is -2.24. The first-order chi connectivity index (χ1) is 9.12. The summed E-state index contributed by atoms with van der Waals surface area (Å²) in [4.78, 5) is 12.1. The zero-order valence-electron chi connectivity index (χ0n) is 10.5. The second-order valence-corrected chi connectivity index (χ2v) is 8.10. The number of hydrogen-bond donors (Lipinski definition) is 1. The molecule has 1 atom stereocenters. The summed E-state index contributed by atoms with van der Waals surface area (Å²) < 4.78 is 36.3. The minimum atomic E-state index is -3.15. The van der Waals surface area contributed by atoms with Crippen molar-refractivity contribution in [1.29, 1.82) is 0 Å². The minimum Gasteiger partial charge on any atom is -0.346 e. The first-order valence-electron chi connectivity index (χ1n) is 5.79. The van der Waals surface area contributed by atoms with Crippen LogP contribution in [0.15, 0.2) is 12.1 Å². The van der Waals surface area contributed by atoms with Crippen LogP contribution in [-0.4, -0.2) is 31.4 Å². The summed E-state index contributed by atoms with van der Waals surface area (Å²) >= 11 is 11.4. The molecular weight excluding hydrogens is 328 g/mol. The van der Waals surface area contributed by atoms with Gasteiger partial charge in [0.05, 0.1) is 32.7 Å². The Morgan fingerprint density at radius 3 is 2.55 bits per heavy atom. The molecule has 1 aliphatic heterocycles. The van der Waals surface area contributed by atoms with Gasteiger partial charge in [-0.15, -0.1) is 0 Å². The predicted molar refractivity (Wildman–Crippen MR) is 75.6 cm³/mol. The molecular formula is C12H12Cl2FNO3S. The number of nitrogens with one attached hydrogen (secondary N) is 1. The van der Waals surface area contributed by atoms with Gasteiger partial charge in [0.2, 0.25) is 0 Å². The largest absolute Gasteiger partial charge is 0.346 e. The van der Waals surface area contributed by atoms with Crippen LogP contribution in [0.3, 0.4) is 0 Å². The first-order valence-corrected chi connectivity index (χ1v) is 8.37. The third-order valence-electron chi connectivity index (χ3n) is 3.17. The van der Waals surface area contributed by atoms with Crippen molar-refractivity contribution in [2.24, 2.45) is 0 Å². The minimum absolute atomic E-state index is 0.0124. The number of hydrogen-bond acceptors (Lipinski definition) is 3. The van der Waals surface area contributed by atoms with Gasteiger partial charge in [0.1, 0.15) is 5.82 Å². The Labute approximate surface area is 126 Å². The summed E-state index contributed by atoms with van der Waals surface area (Å²) in [7, 11) is -3.15. The Morgan fingerprint density at radius 2 is 2.00 bits per heavy atom. The van der Waals surface area contributed by atoms with Crippen molar-refractivity contribution < 1.29 is 17.6 Å². The molecule has 20 heavy (non-hydrogen) atoms. The van der Waals surface area contributed by atoms with E-state index in [1.165, 1.54) is 0 Å². The summed E-state index contributed by atoms with van der Waals surface area (Å²) in [5.74, 6) is -1.50. The fourth-order valence-electron chi connectivity index (χ4n) is 2.15. The van der Waals surface area contributed by atoms with Gasteiger partial charge in [0, 0.05) is 0 Å². The number of amides is 1. The Bertz CT molecular complexity index is 678. The SMILES string of the molecule is CC1(NC(=O)c2cc(F)c(Cl)cc2Cl)CCS(=O)(=O)C1. The molecule has 0 aliphatic carbocycles. The van der Waals surface area contributed by atoms with Crippen molar-refractivity contribution >= 4 is 38.9 Å². The normalized spacial score (nSPS) is 24.6. The van der Waals surface area contributed by atoms with Gasteiger partial charge in [-0.2, -0.15) is 0 Å². The quantitative estimate of drug-likeness (QED) is 0.841. The lowest BCUT2D eigenvalue weighted by molar-refractivity contribution is 0.0915. The summed E-state index contributed by atoms with van der Waals surface area (Å²) in [6.07, 6.45) is 0.314. The third-order valence-corrected chi connectivity index (χ3v) is 5.68. The smallest absolute Gasteiger partial charge is 0.253 e. The van der Waals surface area contributed by atoms with E-state index in [4.69, 9.17) is 23.2 Å². The molecule has 1 unspecified atom stereocenters. The van der Waals surface area contributed by atoms with Gasteiger partial charge < -0.3 is 5.32 Å². The van der Waals surface area contributed by atoms with Gasteiger partial charge in [-0.3, -0.25) is 4.79 Å². The molecule has 0 spiro atoms. The third kappa shape index (κ3) is 3.24. The summed E-state index contributed by atoms with van der Waals surface area (Å²) in [6, 6.07) is 2.08. The number of halogens is 3. The van der Waals surface area contributed by atoms with Gasteiger partial charge in [0.25, 0.3) is 5.91 Å². The zero-order valence-corrected chi connectivity index (χ0v) is 12.9. The van der Waals surface area contributed by atoms with E-state index in [-0.39, 0.29) is 27.1 Å². The van der Waals surface area contributed by atoms with Crippen LogP contribution in [0, 0.1) is 5.82 Å². The van der Waals surface area contributed by atoms with E-state index in [2.05, 4.69) is 5.32 Å². The maximum Gasteiger partial charge on any atom is 0.253 e. The van der Waals surface area contributed by atoms with Gasteiger partial charge in [-0.05, 0) is 25.5 Å². The van der Waals surface area contributed by atoms with Crippen LogP contribution in [0.2, 0.25) is 10.0 Å². The second-order valence-electron chi connectivity index (χ2n) is 5.10. The van der Waals surface area contributed by atoms with Gasteiger partial charge in [0.15, 0.2) is 9.84 Å². The highest BCUT2D eigenvalue weighted by molar-refractivity contribution is 7.91. The van der Waals surface area contributed by atoms with Gasteiger partial charge in [-0.25, -0.2) is 12.8 Å². The highest BCUT2D eigenvalue weighted by atomic mass is 35.5. The lowest BCUT2D eigenvalue weighted by Crippen LogP contribution is -2.47. The Morgan fingerprint density at radius 1 is 1.35 bits per heavy atom. The van der Waals surface area contributed by atoms with Crippen LogP contribution in [0.5, 0.6) is 0 Å². The zero-order chi connectivity index (χ0) is 15.1. The molecule has 1 aliphatic rings. The van der Waals surface area contributed by atoms with E-state index in [0.29, 0.717) is 6.42 Å². The van der Waals surface area contributed by atoms with Crippen molar-refractivity contribution in [1.82, 2.24) is 5.32 Å². The number of rotatable bonds is 2. The van der Waals surface area contributed by atoms with Crippen molar-refractivity contribution in [3.05, 3.63) is 33.6 Å². The summed E-state index contributed by atoms with van der Waals surface area (Å²) in [6.45, 7) is 1.63. The van der Waals surface area contributed by atoms with E-state index < -0.39 is 27.1 Å². The molecule has 0 saturated carbocycles. The highest BCUT2D eigenvalue weighted by Crippen LogP contribution is 2.27. The molecule has 1 amide bonds. The molecule has 1 N–H and O–H groups in total. The Kier molecular flexibility index (Phi) is 4.01. The molecule has 2 rings (SSSR count). The van der Waals surface area contributed by atoms with Crippen molar-refractivity contribution in [3.8, 4) is 0 Å². The number of carbonyl (C=O) groups excluding carboxylic acids is 1. The molecule has 0 bridgehead atoms. The molecule has 4 nitrogen and oxygen atoms in total. The van der Waals surface area contributed by atoms with Crippen molar-refractivity contribution in [2.75, 3.05) is 11.5 Å². The van der Waals surface area contributed by atoms with Crippen LogP contribution in [0.25, 0.3) is 0 Å². The van der Waals surface area contributed by atoms with E-state index >= 15 is 0 Å². The summed E-state index contributed by atoms with van der Waals surface area (Å²) in [5.41, 5.74) is -0.936. The maximum atomic E-state index is 13.4. The molecule has 1 heterocycles. The van der Waals surface area contributed by atoms with E-state index in [0.717, 1.165) is 12.1 Å². The van der Waals surface area contributed by atoms with Gasteiger partial charge in [-0.1, -0.05) is 23.2 Å². The maximum absolute atomic E-state index is 13.4. The van der Waals surface area contributed by atoms with E-state index in [1.54, 1.807) is 6.92 Å². The fraction of sp³-hybridized carbons (Fsp3) is 0.417. The summed E-state index contributed by atoms with van der Waals surface area (Å²) in [5, 5.41) is 2.44. The Hall–Kier alpha value is -0.850. The average Bonchev–Trinajstić information content (AvgIpc) is 2.57. The molecule has 1 saturated heterocycles. The number of benzene rings is 1. The standard InChI is InChI=1S/C12H12Cl2FNO3S/c1-12(2-3-20(18,19)6-12)16-11(17)7-4-10(15)9(14)5-8(7)13/h4-5H,2-3,6H2,1H3,(H,16,17). The van der Waals surface area contributed by atoms with Crippen molar-refractivity contribution in [3.63, 3.8) is 0 Å². The monoisotopic (exact) mass is 339 g/mol. The molecule has 0 radical (unpaired) electrons. The lowest BCUT2D eigenvalue weighted by atomic mass is 10.0. The molecule has 0 aromatic heterocycles. The molecule has 1 aromatic rings. The van der Waals surface area contributed by atoms with Crippen LogP contribution in [0.4, 0.5) is 4.39 Å². The van der Waals surface area contributed by atoms with Gasteiger partial charge >= 0.3 is 0 Å². The second kappa shape index (κ2) is 5.16. The topological polar surface area (TPSA) is 63.2 Å². The Balaban J connectivity index is 2.23. The van der Waals surface area contributed by atoms with E-state index in [1.807, 2.05) is 0 Å². The first kappa shape index (κ1) is 15.5. The highest BCUT2D eigenvalue weighted by Gasteiger charge is 2.39. The predicted octanol–water partition coefficient (Wildman–Crippen LogP) is 2.44. The molecule has 1 fully saturated rings. The average molecular weight is 340 g/mol. The van der Waals surface area contributed by atoms with E-state index in [9.17, 15) is 17.6 Å². The van der Waals surface area contributed by atoms with Crippen LogP contribution in [-0.2, 0) is 9.84 Å². The van der Waals surface area contributed by atoms with Crippen molar-refractivity contribution in [2.45, 2.75) is 18.9 Å². The molecule has 8 heteroatoms. The fourth-order valence-corrected chi connectivity index (χ4v) is 4.71. The van der Waals surface area contributed by atoms with Crippen LogP contribution >= 0.6 is 23.2 Å².